The second kappa shape index (κ2) is 9.21. The first-order valence-electron chi connectivity index (χ1n) is 8.38. The Labute approximate surface area is 138 Å². The van der Waals surface area contributed by atoms with Crippen molar-refractivity contribution >= 4 is 17.7 Å². The molecular formula is C18H28N2OS. The molecule has 1 unspecified atom stereocenters. The van der Waals surface area contributed by atoms with Gasteiger partial charge in [-0.1, -0.05) is 30.5 Å². The van der Waals surface area contributed by atoms with Gasteiger partial charge in [0.1, 0.15) is 0 Å². The van der Waals surface area contributed by atoms with Crippen LogP contribution in [0.15, 0.2) is 29.2 Å². The van der Waals surface area contributed by atoms with Crippen molar-refractivity contribution in [2.45, 2.75) is 49.7 Å². The highest BCUT2D eigenvalue weighted by atomic mass is 32.2. The van der Waals surface area contributed by atoms with Crippen molar-refractivity contribution in [3.8, 4) is 0 Å². The zero-order valence-corrected chi connectivity index (χ0v) is 14.6. The Morgan fingerprint density at radius 3 is 2.45 bits per heavy atom. The minimum absolute atomic E-state index is 0.0492. The Balaban J connectivity index is 1.68. The summed E-state index contributed by atoms with van der Waals surface area (Å²) in [7, 11) is 0. The normalized spacial score (nSPS) is 17.7. The molecule has 0 spiro atoms. The summed E-state index contributed by atoms with van der Waals surface area (Å²) in [6, 6.07) is 8.35. The predicted octanol–water partition coefficient (Wildman–Crippen LogP) is 3.47. The SMILES string of the molecule is Cc1ccc(SC(C)C(=O)NCCN2CCCCCC2)cc1. The molecule has 1 aromatic rings. The van der Waals surface area contributed by atoms with Crippen LogP contribution >= 0.6 is 11.8 Å². The van der Waals surface area contributed by atoms with Gasteiger partial charge in [-0.05, 0) is 51.9 Å². The van der Waals surface area contributed by atoms with E-state index in [-0.39, 0.29) is 11.2 Å². The van der Waals surface area contributed by atoms with E-state index in [4.69, 9.17) is 0 Å². The molecule has 0 aromatic heterocycles. The molecule has 4 heteroatoms. The maximum Gasteiger partial charge on any atom is 0.233 e. The van der Waals surface area contributed by atoms with Gasteiger partial charge in [0.25, 0.3) is 0 Å². The number of likely N-dealkylation sites (tertiary alicyclic amines) is 1. The van der Waals surface area contributed by atoms with Gasteiger partial charge >= 0.3 is 0 Å². The molecule has 2 rings (SSSR count). The summed E-state index contributed by atoms with van der Waals surface area (Å²) in [5, 5.41) is 3.03. The molecule has 1 aromatic carbocycles. The van der Waals surface area contributed by atoms with Crippen molar-refractivity contribution in [1.82, 2.24) is 10.2 Å². The molecule has 1 fully saturated rings. The molecule has 0 radical (unpaired) electrons. The number of rotatable bonds is 6. The zero-order valence-electron chi connectivity index (χ0n) is 13.8. The number of amides is 1. The third kappa shape index (κ3) is 6.01. The number of nitrogens with one attached hydrogen (secondary N) is 1. The van der Waals surface area contributed by atoms with E-state index >= 15 is 0 Å². The fourth-order valence-electron chi connectivity index (χ4n) is 2.72. The average molecular weight is 321 g/mol. The molecule has 122 valence electrons. The number of hydrogen-bond acceptors (Lipinski definition) is 3. The van der Waals surface area contributed by atoms with Crippen LogP contribution in [0.5, 0.6) is 0 Å². The average Bonchev–Trinajstić information content (AvgIpc) is 2.78. The van der Waals surface area contributed by atoms with Crippen LogP contribution in [-0.4, -0.2) is 42.2 Å². The molecule has 1 amide bonds. The quantitative estimate of drug-likeness (QED) is 0.815. The lowest BCUT2D eigenvalue weighted by Gasteiger charge is -2.20. The maximum absolute atomic E-state index is 12.2. The molecule has 0 saturated carbocycles. The molecule has 1 N–H and O–H groups in total. The lowest BCUT2D eigenvalue weighted by Crippen LogP contribution is -2.38. The lowest BCUT2D eigenvalue weighted by molar-refractivity contribution is -0.120. The second-order valence-corrected chi connectivity index (χ2v) is 7.53. The van der Waals surface area contributed by atoms with Crippen molar-refractivity contribution in [1.29, 1.82) is 0 Å². The number of carbonyl (C=O) groups is 1. The highest BCUT2D eigenvalue weighted by Crippen LogP contribution is 2.23. The van der Waals surface area contributed by atoms with Crippen LogP contribution in [0.25, 0.3) is 0 Å². The number of hydrogen-bond donors (Lipinski definition) is 1. The van der Waals surface area contributed by atoms with Gasteiger partial charge < -0.3 is 10.2 Å². The summed E-state index contributed by atoms with van der Waals surface area (Å²) in [5.41, 5.74) is 1.25. The molecule has 0 bridgehead atoms. The van der Waals surface area contributed by atoms with E-state index in [1.807, 2.05) is 6.92 Å². The van der Waals surface area contributed by atoms with Crippen molar-refractivity contribution in [3.63, 3.8) is 0 Å². The molecule has 1 saturated heterocycles. The molecule has 1 atom stereocenters. The first kappa shape index (κ1) is 17.4. The fraction of sp³-hybridized carbons (Fsp3) is 0.611. The van der Waals surface area contributed by atoms with E-state index < -0.39 is 0 Å². The van der Waals surface area contributed by atoms with Crippen LogP contribution in [0, 0.1) is 6.92 Å². The van der Waals surface area contributed by atoms with Crippen LogP contribution in [0.4, 0.5) is 0 Å². The standard InChI is InChI=1S/C18H28N2OS/c1-15-7-9-17(10-8-15)22-16(2)18(21)19-11-14-20-12-5-3-4-6-13-20/h7-10,16H,3-6,11-14H2,1-2H3,(H,19,21). The molecule has 1 aliphatic rings. The van der Waals surface area contributed by atoms with Gasteiger partial charge in [0.05, 0.1) is 5.25 Å². The largest absolute Gasteiger partial charge is 0.354 e. The van der Waals surface area contributed by atoms with Crippen molar-refractivity contribution in [3.05, 3.63) is 29.8 Å². The summed E-state index contributed by atoms with van der Waals surface area (Å²) < 4.78 is 0. The van der Waals surface area contributed by atoms with Crippen LogP contribution in [0.1, 0.15) is 38.2 Å². The van der Waals surface area contributed by atoms with Gasteiger partial charge in [-0.2, -0.15) is 0 Å². The molecular weight excluding hydrogens is 292 g/mol. The van der Waals surface area contributed by atoms with E-state index in [1.54, 1.807) is 11.8 Å². The third-order valence-electron chi connectivity index (χ3n) is 4.13. The zero-order chi connectivity index (χ0) is 15.8. The van der Waals surface area contributed by atoms with Crippen LogP contribution in [0.2, 0.25) is 0 Å². The van der Waals surface area contributed by atoms with E-state index in [9.17, 15) is 4.79 Å². The minimum Gasteiger partial charge on any atom is -0.354 e. The molecule has 1 aliphatic heterocycles. The number of benzene rings is 1. The summed E-state index contributed by atoms with van der Waals surface area (Å²) in [4.78, 5) is 15.8. The Kier molecular flexibility index (Phi) is 7.26. The van der Waals surface area contributed by atoms with Crippen LogP contribution in [0.3, 0.4) is 0 Å². The van der Waals surface area contributed by atoms with Crippen molar-refractivity contribution in [2.75, 3.05) is 26.2 Å². The van der Waals surface area contributed by atoms with E-state index in [2.05, 4.69) is 41.4 Å². The van der Waals surface area contributed by atoms with Crippen LogP contribution in [-0.2, 0) is 4.79 Å². The van der Waals surface area contributed by atoms with E-state index in [0.29, 0.717) is 0 Å². The van der Waals surface area contributed by atoms with Crippen molar-refractivity contribution in [2.24, 2.45) is 0 Å². The Bertz CT molecular complexity index is 453. The minimum atomic E-state index is -0.0492. The number of nitrogens with zero attached hydrogens (tertiary/aromatic N) is 1. The summed E-state index contributed by atoms with van der Waals surface area (Å²) in [6.45, 7) is 8.16. The van der Waals surface area contributed by atoms with Gasteiger partial charge in [-0.25, -0.2) is 0 Å². The third-order valence-corrected chi connectivity index (χ3v) is 5.24. The number of aryl methyl sites for hydroxylation is 1. The fourth-order valence-corrected chi connectivity index (χ4v) is 3.61. The highest BCUT2D eigenvalue weighted by Gasteiger charge is 2.14. The van der Waals surface area contributed by atoms with Gasteiger partial charge in [0, 0.05) is 18.0 Å². The predicted molar refractivity (Wildman–Crippen MR) is 94.4 cm³/mol. The number of carbonyl (C=O) groups excluding carboxylic acids is 1. The summed E-state index contributed by atoms with van der Waals surface area (Å²) in [5.74, 6) is 0.139. The smallest absolute Gasteiger partial charge is 0.233 e. The Morgan fingerprint density at radius 1 is 1.18 bits per heavy atom. The second-order valence-electron chi connectivity index (χ2n) is 6.12. The summed E-state index contributed by atoms with van der Waals surface area (Å²) in [6.07, 6.45) is 5.31. The lowest BCUT2D eigenvalue weighted by atomic mass is 10.2. The van der Waals surface area contributed by atoms with Gasteiger partial charge in [-0.15, -0.1) is 11.8 Å². The maximum atomic E-state index is 12.2. The monoisotopic (exact) mass is 320 g/mol. The molecule has 3 nitrogen and oxygen atoms in total. The van der Waals surface area contributed by atoms with Crippen molar-refractivity contribution < 1.29 is 4.79 Å². The Morgan fingerprint density at radius 2 is 1.82 bits per heavy atom. The molecule has 22 heavy (non-hydrogen) atoms. The molecule has 1 heterocycles. The van der Waals surface area contributed by atoms with E-state index in [0.717, 1.165) is 18.0 Å². The van der Waals surface area contributed by atoms with Gasteiger partial charge in [-0.3, -0.25) is 4.79 Å². The Hall–Kier alpha value is -1.00. The number of thioether (sulfide) groups is 1. The van der Waals surface area contributed by atoms with Crippen LogP contribution < -0.4 is 5.32 Å². The van der Waals surface area contributed by atoms with E-state index in [1.165, 1.54) is 44.3 Å². The summed E-state index contributed by atoms with van der Waals surface area (Å²) >= 11 is 1.62. The first-order valence-corrected chi connectivity index (χ1v) is 9.26. The topological polar surface area (TPSA) is 32.3 Å². The first-order chi connectivity index (χ1) is 10.6. The van der Waals surface area contributed by atoms with Gasteiger partial charge in [0.15, 0.2) is 0 Å². The molecule has 0 aliphatic carbocycles. The van der Waals surface area contributed by atoms with Gasteiger partial charge in [0.2, 0.25) is 5.91 Å². The highest BCUT2D eigenvalue weighted by molar-refractivity contribution is 8.00.